The van der Waals surface area contributed by atoms with Crippen LogP contribution >= 0.6 is 11.8 Å². The highest BCUT2D eigenvalue weighted by atomic mass is 32.2. The minimum absolute atomic E-state index is 0.875. The van der Waals surface area contributed by atoms with E-state index in [2.05, 4.69) is 205 Å². The zero-order valence-electron chi connectivity index (χ0n) is 28.7. The third-order valence-electron chi connectivity index (χ3n) is 9.91. The Morgan fingerprint density at radius 2 is 1.25 bits per heavy atom. The van der Waals surface area contributed by atoms with Gasteiger partial charge in [-0.1, -0.05) is 128 Å². The molecule has 9 rings (SSSR count). The van der Waals surface area contributed by atoms with E-state index in [1.54, 1.807) is 11.8 Å². The van der Waals surface area contributed by atoms with Gasteiger partial charge >= 0.3 is 0 Å². The zero-order valence-corrected chi connectivity index (χ0v) is 29.6. The number of fused-ring (bicyclic) bond motifs is 5. The molecule has 0 saturated heterocycles. The molecule has 3 heterocycles. The molecule has 0 aliphatic carbocycles. The van der Waals surface area contributed by atoms with Gasteiger partial charge in [0, 0.05) is 43.7 Å². The highest BCUT2D eigenvalue weighted by Crippen LogP contribution is 2.41. The Balaban J connectivity index is 1.12. The molecule has 0 fully saturated rings. The first-order valence-corrected chi connectivity index (χ1v) is 18.4. The molecule has 2 aliphatic rings. The van der Waals surface area contributed by atoms with Gasteiger partial charge in [-0.05, 0) is 113 Å². The van der Waals surface area contributed by atoms with E-state index in [9.17, 15) is 0 Å². The second-order valence-corrected chi connectivity index (χ2v) is 14.3. The van der Waals surface area contributed by atoms with Gasteiger partial charge in [0.25, 0.3) is 0 Å². The van der Waals surface area contributed by atoms with Gasteiger partial charge in [-0.15, -0.1) is 0 Å². The summed E-state index contributed by atoms with van der Waals surface area (Å²) in [4.78, 5) is 4.55. The fraction of sp³-hybridized carbons (Fsp3) is 0.0204. The van der Waals surface area contributed by atoms with E-state index in [0.29, 0.717) is 0 Å². The molecule has 0 amide bonds. The molecule has 7 aromatic rings. The molecule has 52 heavy (non-hydrogen) atoms. The molecule has 0 radical (unpaired) electrons. The first-order chi connectivity index (χ1) is 25.6. The van der Waals surface area contributed by atoms with Gasteiger partial charge in [0.1, 0.15) is 0 Å². The second kappa shape index (κ2) is 13.4. The Morgan fingerprint density at radius 3 is 2.13 bits per heavy atom. The van der Waals surface area contributed by atoms with Crippen LogP contribution < -0.4 is 4.90 Å². The number of thioether (sulfide) groups is 1. The van der Waals surface area contributed by atoms with Crippen molar-refractivity contribution in [3.63, 3.8) is 0 Å². The highest BCUT2D eigenvalue weighted by Gasteiger charge is 2.18. The standard InChI is InChI=1S/C49H36N2S/c1-34-13-11-12-30-50(41-24-20-37(21-25-41)36-15-6-4-7-16-36)46-27-22-38(32-44(34)46)39-23-28-48-45(33-39)43-18-9-10-19-47(43)51(48)42-26-29-49-40(31-42)17-8-3-5-14-35(2)52-49/h3-16,18-33H,1-2,17H2/b8-3-,13-11-,14-5-,30-12-. The van der Waals surface area contributed by atoms with Gasteiger partial charge in [-0.3, -0.25) is 0 Å². The van der Waals surface area contributed by atoms with Crippen LogP contribution in [0.4, 0.5) is 11.4 Å². The average Bonchev–Trinajstić information content (AvgIpc) is 3.55. The zero-order chi connectivity index (χ0) is 35.0. The van der Waals surface area contributed by atoms with Crippen LogP contribution in [0.5, 0.6) is 0 Å². The highest BCUT2D eigenvalue weighted by molar-refractivity contribution is 8.03. The van der Waals surface area contributed by atoms with Crippen molar-refractivity contribution in [2.75, 3.05) is 4.90 Å². The smallest absolute Gasteiger partial charge is 0.0541 e. The molecule has 2 nitrogen and oxygen atoms in total. The number of anilines is 2. The van der Waals surface area contributed by atoms with Crippen molar-refractivity contribution in [2.24, 2.45) is 0 Å². The molecule has 248 valence electrons. The van der Waals surface area contributed by atoms with Crippen molar-refractivity contribution in [2.45, 2.75) is 11.3 Å². The number of rotatable bonds is 4. The van der Waals surface area contributed by atoms with Gasteiger partial charge in [0.2, 0.25) is 0 Å². The van der Waals surface area contributed by atoms with Crippen molar-refractivity contribution in [3.8, 4) is 27.9 Å². The molecule has 3 heteroatoms. The Morgan fingerprint density at radius 1 is 0.538 bits per heavy atom. The number of hydrogen-bond acceptors (Lipinski definition) is 2. The lowest BCUT2D eigenvalue weighted by Crippen LogP contribution is -2.11. The molecule has 1 aromatic heterocycles. The molecule has 0 bridgehead atoms. The summed E-state index contributed by atoms with van der Waals surface area (Å²) in [5.41, 5.74) is 13.9. The molecule has 0 spiro atoms. The van der Waals surface area contributed by atoms with E-state index in [0.717, 1.165) is 39.4 Å². The van der Waals surface area contributed by atoms with Gasteiger partial charge < -0.3 is 9.47 Å². The third kappa shape index (κ3) is 5.85. The molecule has 0 unspecified atom stereocenters. The minimum atomic E-state index is 0.875. The first-order valence-electron chi connectivity index (χ1n) is 17.6. The lowest BCUT2D eigenvalue weighted by atomic mass is 9.95. The SMILES string of the molecule is C=C1/C=C\C=C/Cc2cc(-n3c4ccccc4c4cc(-c5ccc6c(c5)C(=C)/C=C\C=C/N6c5ccc(-c6ccccc6)cc5)ccc43)ccc2S1. The van der Waals surface area contributed by atoms with Gasteiger partial charge in [0.05, 0.1) is 16.7 Å². The van der Waals surface area contributed by atoms with Crippen molar-refractivity contribution < 1.29 is 0 Å². The number of aromatic nitrogens is 1. The van der Waals surface area contributed by atoms with Crippen molar-refractivity contribution in [3.05, 3.63) is 211 Å². The first kappa shape index (κ1) is 31.7. The Kier molecular flexibility index (Phi) is 8.19. The maximum absolute atomic E-state index is 4.49. The quantitative estimate of drug-likeness (QED) is 0.182. The predicted molar refractivity (Wildman–Crippen MR) is 225 cm³/mol. The van der Waals surface area contributed by atoms with Crippen LogP contribution in [0, 0.1) is 0 Å². The van der Waals surface area contributed by atoms with Crippen LogP contribution in [0.25, 0.3) is 55.3 Å². The predicted octanol–water partition coefficient (Wildman–Crippen LogP) is 13.6. The Bertz CT molecular complexity index is 2650. The average molecular weight is 685 g/mol. The van der Waals surface area contributed by atoms with Crippen LogP contribution in [-0.4, -0.2) is 4.57 Å². The normalized spacial score (nSPS) is 16.6. The van der Waals surface area contributed by atoms with Crippen molar-refractivity contribution in [1.82, 2.24) is 4.57 Å². The minimum Gasteiger partial charge on any atom is -0.317 e. The van der Waals surface area contributed by atoms with Gasteiger partial charge in [0.15, 0.2) is 0 Å². The summed E-state index contributed by atoms with van der Waals surface area (Å²) in [6, 6.07) is 48.5. The van der Waals surface area contributed by atoms with Crippen LogP contribution in [0.2, 0.25) is 0 Å². The largest absolute Gasteiger partial charge is 0.317 e. The van der Waals surface area contributed by atoms with Gasteiger partial charge in [-0.2, -0.15) is 0 Å². The van der Waals surface area contributed by atoms with Crippen LogP contribution in [0.15, 0.2) is 205 Å². The molecule has 2 aliphatic heterocycles. The molecule has 6 aromatic carbocycles. The van der Waals surface area contributed by atoms with Gasteiger partial charge in [-0.25, -0.2) is 0 Å². The second-order valence-electron chi connectivity index (χ2n) is 13.2. The van der Waals surface area contributed by atoms with E-state index in [4.69, 9.17) is 0 Å². The van der Waals surface area contributed by atoms with Crippen molar-refractivity contribution in [1.29, 1.82) is 0 Å². The number of para-hydroxylation sites is 1. The van der Waals surface area contributed by atoms with E-state index >= 15 is 0 Å². The molecular formula is C49H36N2S. The van der Waals surface area contributed by atoms with Crippen LogP contribution in [0.1, 0.15) is 11.1 Å². The van der Waals surface area contributed by atoms with Crippen LogP contribution in [-0.2, 0) is 6.42 Å². The number of nitrogens with zero attached hydrogens (tertiary/aromatic N) is 2. The summed E-state index contributed by atoms with van der Waals surface area (Å²) < 4.78 is 2.41. The molecule has 0 N–H and O–H groups in total. The van der Waals surface area contributed by atoms with Crippen LogP contribution in [0.3, 0.4) is 0 Å². The number of hydrogen-bond donors (Lipinski definition) is 0. The topological polar surface area (TPSA) is 8.17 Å². The summed E-state index contributed by atoms with van der Waals surface area (Å²) >= 11 is 1.74. The summed E-state index contributed by atoms with van der Waals surface area (Å²) in [6.45, 7) is 8.72. The summed E-state index contributed by atoms with van der Waals surface area (Å²) in [5.74, 6) is 0. The summed E-state index contributed by atoms with van der Waals surface area (Å²) in [7, 11) is 0. The Labute approximate surface area is 309 Å². The van der Waals surface area contributed by atoms with E-state index < -0.39 is 0 Å². The summed E-state index contributed by atoms with van der Waals surface area (Å²) in [6.07, 6.45) is 17.7. The molecule has 0 atom stereocenters. The molecular weight excluding hydrogens is 649 g/mol. The fourth-order valence-corrected chi connectivity index (χ4v) is 8.18. The fourth-order valence-electron chi connectivity index (χ4n) is 7.34. The molecule has 0 saturated carbocycles. The third-order valence-corrected chi connectivity index (χ3v) is 10.9. The van der Waals surface area contributed by atoms with E-state index in [1.807, 2.05) is 0 Å². The summed E-state index contributed by atoms with van der Waals surface area (Å²) in [5, 5.41) is 2.47. The monoisotopic (exact) mass is 684 g/mol. The van der Waals surface area contributed by atoms with E-state index in [1.165, 1.54) is 54.6 Å². The van der Waals surface area contributed by atoms with E-state index in [-0.39, 0.29) is 0 Å². The maximum atomic E-state index is 4.49. The van der Waals surface area contributed by atoms with Crippen molar-refractivity contribution >= 4 is 50.5 Å². The Hall–Kier alpha value is -6.29. The number of allylic oxidation sites excluding steroid dienone is 8. The lowest BCUT2D eigenvalue weighted by Gasteiger charge is -2.26. The lowest BCUT2D eigenvalue weighted by molar-refractivity contribution is 1.12. The number of benzene rings is 6. The maximum Gasteiger partial charge on any atom is 0.0541 e.